The predicted octanol–water partition coefficient (Wildman–Crippen LogP) is 6.91. The average molecular weight is 598 g/mol. The molecule has 9 heteroatoms. The summed E-state index contributed by atoms with van der Waals surface area (Å²) in [5.74, 6) is 1.85. The van der Waals surface area contributed by atoms with Gasteiger partial charge in [0.1, 0.15) is 10.8 Å². The molecule has 174 valence electrons. The van der Waals surface area contributed by atoms with E-state index in [0.717, 1.165) is 30.2 Å². The fourth-order valence-corrected chi connectivity index (χ4v) is 5.21. The first-order chi connectivity index (χ1) is 15.9. The van der Waals surface area contributed by atoms with Crippen molar-refractivity contribution >= 4 is 60.6 Å². The van der Waals surface area contributed by atoms with Crippen molar-refractivity contribution in [2.24, 2.45) is 5.10 Å². The molecular formula is C24H24Br2ClN3O3. The molecule has 1 saturated carbocycles. The van der Waals surface area contributed by atoms with Crippen LogP contribution in [0.25, 0.3) is 10.9 Å². The van der Waals surface area contributed by atoms with Crippen LogP contribution in [-0.2, 0) is 0 Å². The van der Waals surface area contributed by atoms with Gasteiger partial charge in [0.05, 0.1) is 30.8 Å². The van der Waals surface area contributed by atoms with E-state index in [9.17, 15) is 4.79 Å². The van der Waals surface area contributed by atoms with Gasteiger partial charge in [-0.25, -0.2) is 4.98 Å². The summed E-state index contributed by atoms with van der Waals surface area (Å²) in [5, 5.41) is 5.50. The summed E-state index contributed by atoms with van der Waals surface area (Å²) in [6.07, 6.45) is 7.06. The van der Waals surface area contributed by atoms with E-state index in [1.165, 1.54) is 11.1 Å². The Balaban J connectivity index is 1.87. The zero-order valence-electron chi connectivity index (χ0n) is 18.4. The molecule has 0 spiro atoms. The molecule has 3 aromatic rings. The Morgan fingerprint density at radius 2 is 2.00 bits per heavy atom. The minimum atomic E-state index is -0.195. The summed E-state index contributed by atoms with van der Waals surface area (Å²) in [5.41, 5.74) is 1.15. The monoisotopic (exact) mass is 595 g/mol. The van der Waals surface area contributed by atoms with Crippen molar-refractivity contribution in [3.8, 4) is 11.5 Å². The van der Waals surface area contributed by atoms with E-state index in [-0.39, 0.29) is 11.5 Å². The van der Waals surface area contributed by atoms with Gasteiger partial charge in [0.2, 0.25) is 0 Å². The summed E-state index contributed by atoms with van der Waals surface area (Å²) in [6.45, 7) is 2.34. The quantitative estimate of drug-likeness (QED) is 0.290. The molecule has 1 aliphatic carbocycles. The molecule has 0 atom stereocenters. The Labute approximate surface area is 214 Å². The highest BCUT2D eigenvalue weighted by atomic mass is 79.9. The van der Waals surface area contributed by atoms with Crippen molar-refractivity contribution < 1.29 is 9.47 Å². The number of rotatable bonds is 6. The van der Waals surface area contributed by atoms with Crippen LogP contribution >= 0.6 is 43.5 Å². The molecule has 0 amide bonds. The fraction of sp³-hybridized carbons (Fsp3) is 0.375. The average Bonchev–Trinajstić information content (AvgIpc) is 2.82. The van der Waals surface area contributed by atoms with Gasteiger partial charge in [-0.1, -0.05) is 46.8 Å². The maximum Gasteiger partial charge on any atom is 0.282 e. The molecule has 33 heavy (non-hydrogen) atoms. The molecule has 4 rings (SSSR count). The van der Waals surface area contributed by atoms with Gasteiger partial charge in [0.25, 0.3) is 5.56 Å². The van der Waals surface area contributed by atoms with Crippen LogP contribution in [0.2, 0.25) is 5.02 Å². The Bertz CT molecular complexity index is 1270. The molecule has 0 radical (unpaired) electrons. The van der Waals surface area contributed by atoms with Crippen molar-refractivity contribution in [1.29, 1.82) is 0 Å². The first-order valence-electron chi connectivity index (χ1n) is 10.9. The number of hydrogen-bond acceptors (Lipinski definition) is 5. The molecule has 0 N–H and O–H groups in total. The van der Waals surface area contributed by atoms with Crippen LogP contribution < -0.4 is 15.0 Å². The van der Waals surface area contributed by atoms with Gasteiger partial charge in [0.15, 0.2) is 11.5 Å². The SMILES string of the molecule is CCOc1cc(C=Nn2c(C3CCCCC3)nc3ccc(Br)cc3c2=O)c(Br)c(Cl)c1OC. The lowest BCUT2D eigenvalue weighted by molar-refractivity contribution is 0.311. The summed E-state index contributed by atoms with van der Waals surface area (Å²) < 4.78 is 14.0. The molecule has 1 aliphatic rings. The molecule has 0 bridgehead atoms. The second-order valence-electron chi connectivity index (χ2n) is 7.89. The van der Waals surface area contributed by atoms with Crippen LogP contribution in [0.5, 0.6) is 11.5 Å². The number of nitrogens with zero attached hydrogens (tertiary/aromatic N) is 3. The summed E-state index contributed by atoms with van der Waals surface area (Å²) in [6, 6.07) is 7.35. The van der Waals surface area contributed by atoms with Gasteiger partial charge in [-0.2, -0.15) is 9.78 Å². The molecule has 1 heterocycles. The number of benzene rings is 2. The summed E-state index contributed by atoms with van der Waals surface area (Å²) in [4.78, 5) is 18.4. The normalized spacial score (nSPS) is 14.8. The van der Waals surface area contributed by atoms with E-state index in [1.807, 2.05) is 19.1 Å². The van der Waals surface area contributed by atoms with E-state index in [4.69, 9.17) is 26.1 Å². The third kappa shape index (κ3) is 4.98. The van der Waals surface area contributed by atoms with Crippen molar-refractivity contribution in [2.75, 3.05) is 13.7 Å². The van der Waals surface area contributed by atoms with Crippen LogP contribution in [0.3, 0.4) is 0 Å². The first kappa shape index (κ1) is 24.2. The molecule has 1 fully saturated rings. The first-order valence-corrected chi connectivity index (χ1v) is 12.9. The van der Waals surface area contributed by atoms with Crippen LogP contribution in [-0.4, -0.2) is 29.6 Å². The second-order valence-corrected chi connectivity index (χ2v) is 9.97. The van der Waals surface area contributed by atoms with Gasteiger partial charge in [-0.15, -0.1) is 0 Å². The Hall–Kier alpha value is -1.90. The fourth-order valence-electron chi connectivity index (χ4n) is 4.17. The van der Waals surface area contributed by atoms with Crippen LogP contribution in [0, 0.1) is 0 Å². The molecule has 6 nitrogen and oxygen atoms in total. The molecule has 0 unspecified atom stereocenters. The van der Waals surface area contributed by atoms with Gasteiger partial charge >= 0.3 is 0 Å². The van der Waals surface area contributed by atoms with E-state index in [0.29, 0.717) is 49.9 Å². The van der Waals surface area contributed by atoms with E-state index < -0.39 is 0 Å². The van der Waals surface area contributed by atoms with Crippen molar-refractivity contribution in [2.45, 2.75) is 44.9 Å². The summed E-state index contributed by atoms with van der Waals surface area (Å²) in [7, 11) is 1.54. The lowest BCUT2D eigenvalue weighted by Gasteiger charge is -2.22. The maximum absolute atomic E-state index is 13.5. The van der Waals surface area contributed by atoms with Crippen molar-refractivity contribution in [3.05, 3.63) is 60.0 Å². The zero-order chi connectivity index (χ0) is 23.5. The van der Waals surface area contributed by atoms with Gasteiger partial charge in [-0.3, -0.25) is 4.79 Å². The second kappa shape index (κ2) is 10.6. The Kier molecular flexibility index (Phi) is 7.76. The van der Waals surface area contributed by atoms with Crippen LogP contribution in [0.15, 0.2) is 43.1 Å². The molecular weight excluding hydrogens is 574 g/mol. The highest BCUT2D eigenvalue weighted by Gasteiger charge is 2.23. The minimum Gasteiger partial charge on any atom is -0.491 e. The topological polar surface area (TPSA) is 65.7 Å². The number of halogens is 3. The zero-order valence-corrected chi connectivity index (χ0v) is 22.3. The van der Waals surface area contributed by atoms with Gasteiger partial charge in [-0.05, 0) is 60.0 Å². The molecule has 0 aliphatic heterocycles. The molecule has 0 saturated heterocycles. The predicted molar refractivity (Wildman–Crippen MR) is 139 cm³/mol. The largest absolute Gasteiger partial charge is 0.491 e. The summed E-state index contributed by atoms with van der Waals surface area (Å²) >= 11 is 13.5. The minimum absolute atomic E-state index is 0.193. The van der Waals surface area contributed by atoms with Gasteiger partial charge in [0, 0.05) is 20.4 Å². The van der Waals surface area contributed by atoms with Gasteiger partial charge < -0.3 is 9.47 Å². The molecule has 1 aromatic heterocycles. The lowest BCUT2D eigenvalue weighted by Crippen LogP contribution is -2.25. The van der Waals surface area contributed by atoms with Crippen LogP contribution in [0.1, 0.15) is 56.3 Å². The molecule has 2 aromatic carbocycles. The number of ether oxygens (including phenoxy) is 2. The van der Waals surface area contributed by atoms with Crippen molar-refractivity contribution in [1.82, 2.24) is 9.66 Å². The third-order valence-electron chi connectivity index (χ3n) is 5.78. The van der Waals surface area contributed by atoms with E-state index in [2.05, 4.69) is 37.0 Å². The van der Waals surface area contributed by atoms with E-state index >= 15 is 0 Å². The Morgan fingerprint density at radius 3 is 2.70 bits per heavy atom. The smallest absolute Gasteiger partial charge is 0.282 e. The highest BCUT2D eigenvalue weighted by Crippen LogP contribution is 2.42. The number of aromatic nitrogens is 2. The van der Waals surface area contributed by atoms with E-state index in [1.54, 1.807) is 25.5 Å². The Morgan fingerprint density at radius 1 is 1.24 bits per heavy atom. The van der Waals surface area contributed by atoms with Crippen molar-refractivity contribution in [3.63, 3.8) is 0 Å². The number of fused-ring (bicyclic) bond motifs is 1. The third-order valence-corrected chi connectivity index (χ3v) is 7.71. The standard InChI is InChI=1S/C24H24Br2ClN3O3/c1-3-33-19-11-15(20(26)21(27)22(19)32-2)13-28-30-23(14-7-5-4-6-8-14)29-18-10-9-16(25)12-17(18)24(30)31/h9-14H,3-8H2,1-2H3. The van der Waals surface area contributed by atoms with Crippen LogP contribution in [0.4, 0.5) is 0 Å². The number of methoxy groups -OCH3 is 1. The lowest BCUT2D eigenvalue weighted by atomic mass is 9.88. The number of hydrogen-bond donors (Lipinski definition) is 0. The maximum atomic E-state index is 13.5. The highest BCUT2D eigenvalue weighted by molar-refractivity contribution is 9.10.